The van der Waals surface area contributed by atoms with Gasteiger partial charge in [-0.15, -0.1) is 11.8 Å². The van der Waals surface area contributed by atoms with Crippen molar-refractivity contribution in [3.8, 4) is 0 Å². The summed E-state index contributed by atoms with van der Waals surface area (Å²) in [5.41, 5.74) is 5.56. The third-order valence-corrected chi connectivity index (χ3v) is 5.47. The zero-order chi connectivity index (χ0) is 12.7. The molecule has 0 bridgehead atoms. The van der Waals surface area contributed by atoms with E-state index in [4.69, 9.17) is 28.9 Å². The van der Waals surface area contributed by atoms with Crippen molar-refractivity contribution >= 4 is 46.7 Å². The van der Waals surface area contributed by atoms with Crippen LogP contribution in [0.4, 0.5) is 0 Å². The van der Waals surface area contributed by atoms with Crippen molar-refractivity contribution in [2.24, 2.45) is 11.7 Å². The molecule has 0 saturated carbocycles. The minimum atomic E-state index is 0.597. The van der Waals surface area contributed by atoms with E-state index in [2.05, 4.69) is 6.92 Å². The molecule has 5 heteroatoms. The minimum absolute atomic E-state index is 0.597. The summed E-state index contributed by atoms with van der Waals surface area (Å²) in [6, 6.07) is 5.57. The van der Waals surface area contributed by atoms with Crippen molar-refractivity contribution < 1.29 is 0 Å². The molecule has 0 amide bonds. The fraction of sp³-hybridized carbons (Fsp3) is 0.500. The number of hydrogen-bond donors (Lipinski definition) is 1. The van der Waals surface area contributed by atoms with Crippen LogP contribution in [-0.2, 0) is 0 Å². The van der Waals surface area contributed by atoms with E-state index in [-0.39, 0.29) is 0 Å². The lowest BCUT2D eigenvalue weighted by atomic mass is 10.2. The Kier molecular flexibility index (Phi) is 7.80. The van der Waals surface area contributed by atoms with Gasteiger partial charge in [-0.3, -0.25) is 0 Å². The highest BCUT2D eigenvalue weighted by atomic mass is 35.5. The van der Waals surface area contributed by atoms with Crippen LogP contribution in [0.3, 0.4) is 0 Å². The van der Waals surface area contributed by atoms with Crippen molar-refractivity contribution in [2.45, 2.75) is 11.8 Å². The monoisotopic (exact) mass is 309 g/mol. The third-order valence-electron chi connectivity index (χ3n) is 2.18. The fourth-order valence-electron chi connectivity index (χ4n) is 1.15. The molecule has 0 aliphatic rings. The Morgan fingerprint density at radius 3 is 2.76 bits per heavy atom. The molecule has 0 aliphatic heterocycles. The standard InChI is InChI=1S/C12H17Cl2NS2/c1-9(7-15)8-16-4-5-17-12-6-10(13)2-3-11(12)14/h2-3,6,9H,4-5,7-8,15H2,1H3. The molecule has 1 aromatic rings. The van der Waals surface area contributed by atoms with Crippen molar-refractivity contribution in [3.63, 3.8) is 0 Å². The topological polar surface area (TPSA) is 26.0 Å². The van der Waals surface area contributed by atoms with Gasteiger partial charge in [0.1, 0.15) is 0 Å². The molecule has 2 N–H and O–H groups in total. The first-order valence-corrected chi connectivity index (χ1v) is 8.38. The predicted octanol–water partition coefficient (Wildman–Crippen LogP) is 4.41. The summed E-state index contributed by atoms with van der Waals surface area (Å²) in [6.45, 7) is 2.94. The van der Waals surface area contributed by atoms with E-state index in [1.807, 2.05) is 30.0 Å². The Balaban J connectivity index is 2.24. The highest BCUT2D eigenvalue weighted by molar-refractivity contribution is 8.03. The van der Waals surface area contributed by atoms with Gasteiger partial charge in [-0.25, -0.2) is 0 Å². The van der Waals surface area contributed by atoms with E-state index in [1.165, 1.54) is 0 Å². The Hall–Kier alpha value is 0.460. The summed E-state index contributed by atoms with van der Waals surface area (Å²) >= 11 is 15.7. The average Bonchev–Trinajstić information content (AvgIpc) is 2.32. The van der Waals surface area contributed by atoms with Crippen molar-refractivity contribution in [1.82, 2.24) is 0 Å². The molecule has 0 aromatic heterocycles. The van der Waals surface area contributed by atoms with Crippen LogP contribution >= 0.6 is 46.7 Å². The molecule has 0 aliphatic carbocycles. The van der Waals surface area contributed by atoms with Gasteiger partial charge in [-0.2, -0.15) is 11.8 Å². The van der Waals surface area contributed by atoms with Crippen molar-refractivity contribution in [1.29, 1.82) is 0 Å². The van der Waals surface area contributed by atoms with Gasteiger partial charge < -0.3 is 5.73 Å². The molecular formula is C12H17Cl2NS2. The fourth-order valence-corrected chi connectivity index (χ4v) is 3.81. The first kappa shape index (κ1) is 15.5. The Morgan fingerprint density at radius 2 is 2.06 bits per heavy atom. The minimum Gasteiger partial charge on any atom is -0.330 e. The zero-order valence-corrected chi connectivity index (χ0v) is 12.9. The van der Waals surface area contributed by atoms with E-state index >= 15 is 0 Å². The second-order valence-corrected chi connectivity index (χ2v) is 6.97. The quantitative estimate of drug-likeness (QED) is 0.596. The molecule has 96 valence electrons. The summed E-state index contributed by atoms with van der Waals surface area (Å²) in [7, 11) is 0. The lowest BCUT2D eigenvalue weighted by Gasteiger charge is -2.08. The molecule has 1 unspecified atom stereocenters. The second kappa shape index (κ2) is 8.54. The van der Waals surface area contributed by atoms with Gasteiger partial charge in [0.25, 0.3) is 0 Å². The average molecular weight is 310 g/mol. The molecule has 0 fully saturated rings. The molecule has 0 spiro atoms. The summed E-state index contributed by atoms with van der Waals surface area (Å²) in [4.78, 5) is 1.06. The Bertz CT molecular complexity index is 347. The summed E-state index contributed by atoms with van der Waals surface area (Å²) < 4.78 is 0. The molecule has 1 atom stereocenters. The lowest BCUT2D eigenvalue weighted by molar-refractivity contribution is 0.675. The van der Waals surface area contributed by atoms with Gasteiger partial charge in [-0.1, -0.05) is 30.1 Å². The van der Waals surface area contributed by atoms with E-state index in [0.717, 1.165) is 38.7 Å². The van der Waals surface area contributed by atoms with Gasteiger partial charge in [-0.05, 0) is 36.4 Å². The highest BCUT2D eigenvalue weighted by Gasteiger charge is 2.03. The van der Waals surface area contributed by atoms with Crippen LogP contribution in [0, 0.1) is 5.92 Å². The maximum atomic E-state index is 6.08. The van der Waals surface area contributed by atoms with Crippen LogP contribution < -0.4 is 5.73 Å². The highest BCUT2D eigenvalue weighted by Crippen LogP contribution is 2.30. The van der Waals surface area contributed by atoms with E-state index in [9.17, 15) is 0 Å². The summed E-state index contributed by atoms with van der Waals surface area (Å²) in [5, 5.41) is 1.51. The van der Waals surface area contributed by atoms with E-state index in [1.54, 1.807) is 11.8 Å². The number of benzene rings is 1. The molecule has 1 aromatic carbocycles. The zero-order valence-electron chi connectivity index (χ0n) is 9.79. The van der Waals surface area contributed by atoms with Gasteiger partial charge in [0.2, 0.25) is 0 Å². The maximum absolute atomic E-state index is 6.08. The number of thioether (sulfide) groups is 2. The molecule has 0 saturated heterocycles. The van der Waals surface area contributed by atoms with Gasteiger partial charge in [0.15, 0.2) is 0 Å². The molecule has 1 nitrogen and oxygen atoms in total. The molecule has 1 rings (SSSR count). The van der Waals surface area contributed by atoms with Crippen LogP contribution in [0.5, 0.6) is 0 Å². The van der Waals surface area contributed by atoms with Crippen LogP contribution in [0.25, 0.3) is 0 Å². The van der Waals surface area contributed by atoms with Crippen molar-refractivity contribution in [3.05, 3.63) is 28.2 Å². The first-order chi connectivity index (χ1) is 8.13. The predicted molar refractivity (Wildman–Crippen MR) is 82.7 cm³/mol. The van der Waals surface area contributed by atoms with Crippen LogP contribution in [0.2, 0.25) is 10.0 Å². The van der Waals surface area contributed by atoms with E-state index < -0.39 is 0 Å². The number of hydrogen-bond acceptors (Lipinski definition) is 3. The van der Waals surface area contributed by atoms with Gasteiger partial charge in [0.05, 0.1) is 5.02 Å². The molecule has 17 heavy (non-hydrogen) atoms. The lowest BCUT2D eigenvalue weighted by Crippen LogP contribution is -2.13. The number of nitrogens with two attached hydrogens (primary N) is 1. The third kappa shape index (κ3) is 6.25. The normalized spacial score (nSPS) is 12.7. The molecular weight excluding hydrogens is 293 g/mol. The Labute approximate surface area is 122 Å². The second-order valence-electron chi connectivity index (χ2n) is 3.84. The van der Waals surface area contributed by atoms with Crippen LogP contribution in [0.15, 0.2) is 23.1 Å². The van der Waals surface area contributed by atoms with Crippen LogP contribution in [0.1, 0.15) is 6.92 Å². The largest absolute Gasteiger partial charge is 0.330 e. The van der Waals surface area contributed by atoms with Gasteiger partial charge >= 0.3 is 0 Å². The Morgan fingerprint density at radius 1 is 1.29 bits per heavy atom. The summed E-state index contributed by atoms with van der Waals surface area (Å²) in [6.07, 6.45) is 0. The number of halogens is 2. The maximum Gasteiger partial charge on any atom is 0.0542 e. The van der Waals surface area contributed by atoms with E-state index in [0.29, 0.717) is 5.92 Å². The SMILES string of the molecule is CC(CN)CSCCSc1cc(Cl)ccc1Cl. The molecule has 0 heterocycles. The summed E-state index contributed by atoms with van der Waals surface area (Å²) in [5.74, 6) is 3.87. The number of rotatable bonds is 7. The van der Waals surface area contributed by atoms with Crippen molar-refractivity contribution in [2.75, 3.05) is 23.8 Å². The first-order valence-electron chi connectivity index (χ1n) is 5.49. The van der Waals surface area contributed by atoms with Crippen LogP contribution in [-0.4, -0.2) is 23.8 Å². The molecule has 0 radical (unpaired) electrons. The van der Waals surface area contributed by atoms with Gasteiger partial charge in [0, 0.05) is 21.4 Å². The smallest absolute Gasteiger partial charge is 0.0542 e.